The van der Waals surface area contributed by atoms with Crippen molar-refractivity contribution in [3.63, 3.8) is 0 Å². The van der Waals surface area contributed by atoms with E-state index in [-0.39, 0.29) is 17.2 Å². The Morgan fingerprint density at radius 3 is 2.40 bits per heavy atom. The van der Waals surface area contributed by atoms with Crippen LogP contribution in [0.5, 0.6) is 0 Å². The lowest BCUT2D eigenvalue weighted by molar-refractivity contribution is 0.0595. The fourth-order valence-corrected chi connectivity index (χ4v) is 2.38. The third-order valence-electron chi connectivity index (χ3n) is 3.88. The number of hydrogen-bond donors (Lipinski definition) is 0. The Kier molecular flexibility index (Phi) is 5.10. The molecular weight excluding hydrogens is 275 g/mol. The van der Waals surface area contributed by atoms with Gasteiger partial charge in [0.1, 0.15) is 5.82 Å². The molecule has 0 heterocycles. The van der Waals surface area contributed by atoms with Gasteiger partial charge in [-0.15, -0.1) is 0 Å². The third-order valence-corrected chi connectivity index (χ3v) is 8.36. The minimum Gasteiger partial charge on any atom is -0.465 e. The van der Waals surface area contributed by atoms with Gasteiger partial charge in [0.25, 0.3) is 0 Å². The molecule has 20 heavy (non-hydrogen) atoms. The Labute approximate surface area is 121 Å². The highest BCUT2D eigenvalue weighted by molar-refractivity contribution is 6.74. The van der Waals surface area contributed by atoms with Crippen LogP contribution >= 0.6 is 0 Å². The zero-order valence-electron chi connectivity index (χ0n) is 13.0. The molecule has 0 aliphatic heterocycles. The van der Waals surface area contributed by atoms with Gasteiger partial charge in [0.05, 0.1) is 19.3 Å². The van der Waals surface area contributed by atoms with Crippen LogP contribution in [0.15, 0.2) is 18.2 Å². The number of carbonyl (C=O) groups excluding carboxylic acids is 1. The van der Waals surface area contributed by atoms with Crippen molar-refractivity contribution in [2.45, 2.75) is 45.5 Å². The topological polar surface area (TPSA) is 35.5 Å². The summed E-state index contributed by atoms with van der Waals surface area (Å²) in [6.07, 6.45) is 0. The summed E-state index contributed by atoms with van der Waals surface area (Å²) < 4.78 is 24.8. The van der Waals surface area contributed by atoms with E-state index in [0.717, 1.165) is 0 Å². The zero-order chi connectivity index (χ0) is 15.6. The molecule has 0 aromatic heterocycles. The molecule has 0 spiro atoms. The number of carbonyl (C=O) groups is 1. The molecule has 0 aliphatic rings. The Balaban J connectivity index is 2.93. The SMILES string of the molecule is COC(=O)c1cccc(CO[Si](C)(C)C(C)(C)C)c1F. The molecule has 0 unspecified atom stereocenters. The van der Waals surface area contributed by atoms with E-state index in [1.807, 2.05) is 0 Å². The molecule has 0 radical (unpaired) electrons. The monoisotopic (exact) mass is 298 g/mol. The van der Waals surface area contributed by atoms with E-state index in [2.05, 4.69) is 38.6 Å². The summed E-state index contributed by atoms with van der Waals surface area (Å²) in [7, 11) is -0.710. The highest BCUT2D eigenvalue weighted by Gasteiger charge is 2.37. The molecule has 0 bridgehead atoms. The zero-order valence-corrected chi connectivity index (χ0v) is 14.0. The fraction of sp³-hybridized carbons (Fsp3) is 0.533. The fourth-order valence-electron chi connectivity index (χ4n) is 1.43. The summed E-state index contributed by atoms with van der Waals surface area (Å²) in [5, 5.41) is 0.0590. The smallest absolute Gasteiger partial charge is 0.340 e. The van der Waals surface area contributed by atoms with E-state index in [0.29, 0.717) is 5.56 Å². The predicted octanol–water partition coefficient (Wildman–Crippen LogP) is 4.13. The summed E-state index contributed by atoms with van der Waals surface area (Å²) in [6.45, 7) is 10.8. The standard InChI is InChI=1S/C15H23FO3Si/c1-15(2,3)20(5,6)19-10-11-8-7-9-12(13(11)16)14(17)18-4/h7-9H,10H2,1-6H3. The number of esters is 1. The van der Waals surface area contributed by atoms with Crippen LogP contribution in [0.3, 0.4) is 0 Å². The van der Waals surface area contributed by atoms with Crippen molar-refractivity contribution in [3.8, 4) is 0 Å². The summed E-state index contributed by atoms with van der Waals surface area (Å²) >= 11 is 0. The van der Waals surface area contributed by atoms with Crippen LogP contribution in [0, 0.1) is 5.82 Å². The van der Waals surface area contributed by atoms with E-state index in [4.69, 9.17) is 4.43 Å². The van der Waals surface area contributed by atoms with Gasteiger partial charge in [0.2, 0.25) is 0 Å². The molecule has 0 saturated heterocycles. The van der Waals surface area contributed by atoms with Gasteiger partial charge >= 0.3 is 5.97 Å². The van der Waals surface area contributed by atoms with Crippen LogP contribution in [0.25, 0.3) is 0 Å². The van der Waals surface area contributed by atoms with Crippen LogP contribution in [-0.4, -0.2) is 21.4 Å². The first-order valence-corrected chi connectivity index (χ1v) is 9.50. The van der Waals surface area contributed by atoms with Crippen LogP contribution in [0.2, 0.25) is 18.1 Å². The minimum absolute atomic E-state index is 0.0520. The Morgan fingerprint density at radius 2 is 1.90 bits per heavy atom. The van der Waals surface area contributed by atoms with Crippen molar-refractivity contribution in [1.82, 2.24) is 0 Å². The lowest BCUT2D eigenvalue weighted by Crippen LogP contribution is -2.40. The van der Waals surface area contributed by atoms with Crippen molar-refractivity contribution in [2.24, 2.45) is 0 Å². The van der Waals surface area contributed by atoms with Gasteiger partial charge in [0.15, 0.2) is 8.32 Å². The third kappa shape index (κ3) is 3.67. The van der Waals surface area contributed by atoms with Crippen LogP contribution < -0.4 is 0 Å². The van der Waals surface area contributed by atoms with Crippen LogP contribution in [-0.2, 0) is 15.8 Å². The van der Waals surface area contributed by atoms with E-state index < -0.39 is 20.1 Å². The van der Waals surface area contributed by atoms with E-state index in [1.165, 1.54) is 13.2 Å². The van der Waals surface area contributed by atoms with Crippen LogP contribution in [0.1, 0.15) is 36.7 Å². The number of rotatable bonds is 4. The average Bonchev–Trinajstić information content (AvgIpc) is 2.35. The van der Waals surface area contributed by atoms with E-state index >= 15 is 0 Å². The molecule has 0 fully saturated rings. The predicted molar refractivity (Wildman–Crippen MR) is 79.7 cm³/mol. The number of methoxy groups -OCH3 is 1. The largest absolute Gasteiger partial charge is 0.465 e. The molecule has 0 amide bonds. The van der Waals surface area contributed by atoms with Gasteiger partial charge < -0.3 is 9.16 Å². The van der Waals surface area contributed by atoms with E-state index in [9.17, 15) is 9.18 Å². The Bertz CT molecular complexity index is 492. The average molecular weight is 298 g/mol. The molecule has 3 nitrogen and oxygen atoms in total. The molecule has 112 valence electrons. The van der Waals surface area contributed by atoms with Crippen molar-refractivity contribution in [1.29, 1.82) is 0 Å². The summed E-state index contributed by atoms with van der Waals surface area (Å²) in [5.41, 5.74) is 0.335. The lowest BCUT2D eigenvalue weighted by atomic mass is 10.1. The molecule has 1 aromatic rings. The maximum absolute atomic E-state index is 14.2. The van der Waals surface area contributed by atoms with Crippen molar-refractivity contribution < 1.29 is 18.3 Å². The normalized spacial score (nSPS) is 12.3. The van der Waals surface area contributed by atoms with E-state index in [1.54, 1.807) is 12.1 Å². The molecule has 0 saturated carbocycles. The van der Waals surface area contributed by atoms with Crippen molar-refractivity contribution in [3.05, 3.63) is 35.1 Å². The minimum atomic E-state index is -1.95. The molecule has 0 N–H and O–H groups in total. The van der Waals surface area contributed by atoms with Crippen molar-refractivity contribution in [2.75, 3.05) is 7.11 Å². The molecule has 5 heteroatoms. The first-order chi connectivity index (χ1) is 9.10. The van der Waals surface area contributed by atoms with Gasteiger partial charge in [0, 0.05) is 5.56 Å². The summed E-state index contributed by atoms with van der Waals surface area (Å²) in [4.78, 5) is 11.5. The second-order valence-electron chi connectivity index (χ2n) is 6.32. The van der Waals surface area contributed by atoms with Gasteiger partial charge in [-0.3, -0.25) is 0 Å². The molecule has 1 rings (SSSR count). The number of halogens is 1. The highest BCUT2D eigenvalue weighted by Crippen LogP contribution is 2.37. The number of benzene rings is 1. The number of hydrogen-bond acceptors (Lipinski definition) is 3. The quantitative estimate of drug-likeness (QED) is 0.619. The Morgan fingerprint density at radius 1 is 1.30 bits per heavy atom. The highest BCUT2D eigenvalue weighted by atomic mass is 28.4. The first kappa shape index (κ1) is 16.9. The molecule has 1 aromatic carbocycles. The summed E-state index contributed by atoms with van der Waals surface area (Å²) in [5.74, 6) is -1.23. The maximum Gasteiger partial charge on any atom is 0.340 e. The second kappa shape index (κ2) is 6.05. The lowest BCUT2D eigenvalue weighted by Gasteiger charge is -2.36. The second-order valence-corrected chi connectivity index (χ2v) is 11.1. The van der Waals surface area contributed by atoms with Crippen molar-refractivity contribution >= 4 is 14.3 Å². The molecule has 0 aliphatic carbocycles. The van der Waals surface area contributed by atoms with Gasteiger partial charge in [-0.25, -0.2) is 9.18 Å². The van der Waals surface area contributed by atoms with Gasteiger partial charge in [-0.1, -0.05) is 32.9 Å². The van der Waals surface area contributed by atoms with Crippen LogP contribution in [0.4, 0.5) is 4.39 Å². The molecular formula is C15H23FO3Si. The first-order valence-electron chi connectivity index (χ1n) is 6.60. The maximum atomic E-state index is 14.2. The van der Waals surface area contributed by atoms with Gasteiger partial charge in [-0.2, -0.15) is 0 Å². The molecule has 0 atom stereocenters. The summed E-state index contributed by atoms with van der Waals surface area (Å²) in [6, 6.07) is 4.69. The number of ether oxygens (including phenoxy) is 1. The Hall–Kier alpha value is -1.20. The van der Waals surface area contributed by atoms with Gasteiger partial charge in [-0.05, 0) is 24.2 Å².